The molecular formula is C14H18N2O3S. The highest BCUT2D eigenvalue weighted by Gasteiger charge is 2.22. The first-order chi connectivity index (χ1) is 9.61. The lowest BCUT2D eigenvalue weighted by atomic mass is 10.0. The summed E-state index contributed by atoms with van der Waals surface area (Å²) in [4.78, 5) is 24.7. The normalized spacial score (nSPS) is 13.8. The number of ether oxygens (including phenoxy) is 1. The highest BCUT2D eigenvalue weighted by molar-refractivity contribution is 8.00. The summed E-state index contributed by atoms with van der Waals surface area (Å²) in [6.45, 7) is 0.718. The van der Waals surface area contributed by atoms with E-state index in [1.165, 1.54) is 11.8 Å². The molecule has 0 fully saturated rings. The molecule has 6 heteroatoms. The van der Waals surface area contributed by atoms with Crippen LogP contribution < -0.4 is 15.4 Å². The highest BCUT2D eigenvalue weighted by Crippen LogP contribution is 2.30. The Kier molecular flexibility index (Phi) is 4.89. The summed E-state index contributed by atoms with van der Waals surface area (Å²) >= 11 is 1.25. The summed E-state index contributed by atoms with van der Waals surface area (Å²) < 4.78 is 5.21. The van der Waals surface area contributed by atoms with Gasteiger partial charge in [-0.2, -0.15) is 0 Å². The van der Waals surface area contributed by atoms with Gasteiger partial charge in [0, 0.05) is 12.2 Å². The first-order valence-electron chi connectivity index (χ1n) is 6.45. The molecule has 5 nitrogen and oxygen atoms in total. The van der Waals surface area contributed by atoms with Gasteiger partial charge >= 0.3 is 0 Å². The molecule has 20 heavy (non-hydrogen) atoms. The lowest BCUT2D eigenvalue weighted by molar-refractivity contribution is -0.116. The van der Waals surface area contributed by atoms with Gasteiger partial charge in [-0.25, -0.2) is 0 Å². The third kappa shape index (κ3) is 3.45. The van der Waals surface area contributed by atoms with E-state index < -0.39 is 5.91 Å². The van der Waals surface area contributed by atoms with Crippen LogP contribution in [0.25, 0.3) is 0 Å². The quantitative estimate of drug-likeness (QED) is 0.885. The van der Waals surface area contributed by atoms with Crippen molar-refractivity contribution in [2.24, 2.45) is 5.73 Å². The second-order valence-corrected chi connectivity index (χ2v) is 5.59. The number of fused-ring (bicyclic) bond motifs is 1. The fourth-order valence-corrected chi connectivity index (χ4v) is 2.91. The number of benzene rings is 1. The standard InChI is InChI=1S/C14H18N2O3S/c1-19-11-4-5-12-10(7-11)3-2-6-16(12)14(18)9-20-8-13(15)17/h4-5,7H,2-3,6,8-9H2,1H3,(H2,15,17). The third-order valence-electron chi connectivity index (χ3n) is 3.18. The molecule has 2 amide bonds. The van der Waals surface area contributed by atoms with Crippen LogP contribution in [0.1, 0.15) is 12.0 Å². The van der Waals surface area contributed by atoms with Crippen LogP contribution in [0.15, 0.2) is 18.2 Å². The number of amides is 2. The van der Waals surface area contributed by atoms with E-state index in [1.54, 1.807) is 12.0 Å². The van der Waals surface area contributed by atoms with Crippen LogP contribution in [-0.2, 0) is 16.0 Å². The summed E-state index contributed by atoms with van der Waals surface area (Å²) in [6.07, 6.45) is 1.89. The van der Waals surface area contributed by atoms with Crippen molar-refractivity contribution >= 4 is 29.3 Å². The van der Waals surface area contributed by atoms with Crippen molar-refractivity contribution in [3.05, 3.63) is 23.8 Å². The van der Waals surface area contributed by atoms with E-state index in [4.69, 9.17) is 10.5 Å². The fourth-order valence-electron chi connectivity index (χ4n) is 2.28. The Bertz CT molecular complexity index is 519. The summed E-state index contributed by atoms with van der Waals surface area (Å²) in [5.41, 5.74) is 7.14. The lowest BCUT2D eigenvalue weighted by Gasteiger charge is -2.29. The van der Waals surface area contributed by atoms with E-state index in [-0.39, 0.29) is 17.4 Å². The molecule has 1 aromatic carbocycles. The highest BCUT2D eigenvalue weighted by atomic mass is 32.2. The number of aryl methyl sites for hydroxylation is 1. The van der Waals surface area contributed by atoms with Gasteiger partial charge in [-0.15, -0.1) is 11.8 Å². The summed E-state index contributed by atoms with van der Waals surface area (Å²) in [7, 11) is 1.63. The number of nitrogens with two attached hydrogens (primary N) is 1. The van der Waals surface area contributed by atoms with Crippen LogP contribution in [0.2, 0.25) is 0 Å². The second-order valence-electron chi connectivity index (χ2n) is 4.60. The van der Waals surface area contributed by atoms with Crippen molar-refractivity contribution in [1.82, 2.24) is 0 Å². The predicted molar refractivity (Wildman–Crippen MR) is 80.2 cm³/mol. The molecule has 1 aliphatic rings. The predicted octanol–water partition coefficient (Wildman–Crippen LogP) is 1.19. The van der Waals surface area contributed by atoms with E-state index in [0.29, 0.717) is 0 Å². The van der Waals surface area contributed by atoms with Gasteiger partial charge in [0.2, 0.25) is 11.8 Å². The first-order valence-corrected chi connectivity index (χ1v) is 7.60. The number of primary amides is 1. The van der Waals surface area contributed by atoms with E-state index in [2.05, 4.69) is 0 Å². The van der Waals surface area contributed by atoms with Crippen LogP contribution in [0, 0.1) is 0 Å². The van der Waals surface area contributed by atoms with Crippen LogP contribution >= 0.6 is 11.8 Å². The smallest absolute Gasteiger partial charge is 0.236 e. The number of carbonyl (C=O) groups is 2. The molecule has 1 heterocycles. The van der Waals surface area contributed by atoms with Crippen LogP contribution in [0.5, 0.6) is 5.75 Å². The molecule has 1 aromatic rings. The van der Waals surface area contributed by atoms with Crippen molar-refractivity contribution in [1.29, 1.82) is 0 Å². The van der Waals surface area contributed by atoms with Gasteiger partial charge in [0.1, 0.15) is 5.75 Å². The molecule has 0 spiro atoms. The summed E-state index contributed by atoms with van der Waals surface area (Å²) in [6, 6.07) is 5.76. The molecule has 0 saturated carbocycles. The summed E-state index contributed by atoms with van der Waals surface area (Å²) in [5.74, 6) is 0.874. The molecular weight excluding hydrogens is 276 g/mol. The van der Waals surface area contributed by atoms with E-state index in [9.17, 15) is 9.59 Å². The zero-order valence-corrected chi connectivity index (χ0v) is 12.2. The van der Waals surface area contributed by atoms with Gasteiger partial charge in [0.05, 0.1) is 18.6 Å². The van der Waals surface area contributed by atoms with Crippen LogP contribution in [0.3, 0.4) is 0 Å². The number of nitrogens with zero attached hydrogens (tertiary/aromatic N) is 1. The third-order valence-corrected chi connectivity index (χ3v) is 4.12. The van der Waals surface area contributed by atoms with Gasteiger partial charge in [-0.05, 0) is 36.6 Å². The second kappa shape index (κ2) is 6.65. The molecule has 2 N–H and O–H groups in total. The lowest BCUT2D eigenvalue weighted by Crippen LogP contribution is -2.37. The zero-order chi connectivity index (χ0) is 14.5. The maximum atomic E-state index is 12.2. The number of anilines is 1. The number of hydrogen-bond acceptors (Lipinski definition) is 4. The number of carbonyl (C=O) groups excluding carboxylic acids is 2. The van der Waals surface area contributed by atoms with Crippen molar-refractivity contribution in [2.75, 3.05) is 30.1 Å². The molecule has 1 aliphatic heterocycles. The minimum Gasteiger partial charge on any atom is -0.497 e. The van der Waals surface area contributed by atoms with Crippen molar-refractivity contribution in [3.63, 3.8) is 0 Å². The largest absolute Gasteiger partial charge is 0.497 e. The van der Waals surface area contributed by atoms with Gasteiger partial charge in [0.15, 0.2) is 0 Å². The Balaban J connectivity index is 2.07. The van der Waals surface area contributed by atoms with Crippen LogP contribution in [-0.4, -0.2) is 37.0 Å². The zero-order valence-electron chi connectivity index (χ0n) is 11.4. The SMILES string of the molecule is COc1ccc2c(c1)CCCN2C(=O)CSCC(N)=O. The molecule has 0 aromatic heterocycles. The Morgan fingerprint density at radius 1 is 1.40 bits per heavy atom. The van der Waals surface area contributed by atoms with Gasteiger partial charge in [0.25, 0.3) is 0 Å². The topological polar surface area (TPSA) is 72.6 Å². The average Bonchev–Trinajstić information content (AvgIpc) is 2.45. The van der Waals surface area contributed by atoms with Gasteiger partial charge in [-0.1, -0.05) is 0 Å². The molecule has 0 aliphatic carbocycles. The summed E-state index contributed by atoms with van der Waals surface area (Å²) in [5, 5.41) is 0. The first kappa shape index (κ1) is 14.7. The van der Waals surface area contributed by atoms with E-state index >= 15 is 0 Å². The minimum atomic E-state index is -0.397. The molecule has 0 radical (unpaired) electrons. The van der Waals surface area contributed by atoms with Gasteiger partial charge < -0.3 is 15.4 Å². The number of rotatable bonds is 5. The average molecular weight is 294 g/mol. The Hall–Kier alpha value is -1.69. The number of thioether (sulfide) groups is 1. The van der Waals surface area contributed by atoms with E-state index in [0.717, 1.165) is 36.4 Å². The Morgan fingerprint density at radius 2 is 2.20 bits per heavy atom. The molecule has 108 valence electrons. The van der Waals surface area contributed by atoms with E-state index in [1.807, 2.05) is 18.2 Å². The van der Waals surface area contributed by atoms with Crippen molar-refractivity contribution in [3.8, 4) is 5.75 Å². The fraction of sp³-hybridized carbons (Fsp3) is 0.429. The van der Waals surface area contributed by atoms with Crippen molar-refractivity contribution < 1.29 is 14.3 Å². The Labute approximate surface area is 122 Å². The number of methoxy groups -OCH3 is 1. The van der Waals surface area contributed by atoms with Gasteiger partial charge in [-0.3, -0.25) is 9.59 Å². The number of hydrogen-bond donors (Lipinski definition) is 1. The molecule has 0 bridgehead atoms. The maximum Gasteiger partial charge on any atom is 0.236 e. The Morgan fingerprint density at radius 3 is 2.90 bits per heavy atom. The molecule has 2 rings (SSSR count). The molecule has 0 atom stereocenters. The monoisotopic (exact) mass is 294 g/mol. The molecule has 0 saturated heterocycles. The van der Waals surface area contributed by atoms with Crippen LogP contribution in [0.4, 0.5) is 5.69 Å². The maximum absolute atomic E-state index is 12.2. The minimum absolute atomic E-state index is 0.0161. The molecule has 0 unspecified atom stereocenters. The van der Waals surface area contributed by atoms with Crippen molar-refractivity contribution in [2.45, 2.75) is 12.8 Å².